The molecule has 0 radical (unpaired) electrons. The van der Waals surface area contributed by atoms with E-state index in [9.17, 15) is 25.0 Å². The fraction of sp³-hybridized carbons (Fsp3) is 0.0417. The lowest BCUT2D eigenvalue weighted by Crippen LogP contribution is -1.98. The van der Waals surface area contributed by atoms with Gasteiger partial charge < -0.3 is 14.2 Å². The SMILES string of the molecule is COc1cc(/C=C2\C=C(c3ccc(Cl)cc3)OC2=O)ccc1Oc1ccc([N+](=O)[O-])cc1[N+](=O)[O-]. The van der Waals surface area contributed by atoms with Crippen molar-refractivity contribution in [3.8, 4) is 17.2 Å². The van der Waals surface area contributed by atoms with Gasteiger partial charge in [0.25, 0.3) is 5.69 Å². The molecule has 4 rings (SSSR count). The number of ether oxygens (including phenoxy) is 3. The fourth-order valence-corrected chi connectivity index (χ4v) is 3.38. The number of non-ortho nitro benzene ring substituents is 1. The van der Waals surface area contributed by atoms with Gasteiger partial charge in [-0.1, -0.05) is 17.7 Å². The van der Waals surface area contributed by atoms with Gasteiger partial charge in [-0.3, -0.25) is 20.2 Å². The average molecular weight is 495 g/mol. The van der Waals surface area contributed by atoms with E-state index in [1.54, 1.807) is 48.6 Å². The van der Waals surface area contributed by atoms with Crippen molar-refractivity contribution < 1.29 is 28.9 Å². The van der Waals surface area contributed by atoms with Gasteiger partial charge in [0.1, 0.15) is 5.76 Å². The molecular formula is C24H15ClN2O8. The number of rotatable bonds is 7. The van der Waals surface area contributed by atoms with Crippen LogP contribution < -0.4 is 9.47 Å². The van der Waals surface area contributed by atoms with Crippen LogP contribution >= 0.6 is 11.6 Å². The summed E-state index contributed by atoms with van der Waals surface area (Å²) in [5.41, 5.74) is 0.565. The molecular weight excluding hydrogens is 480 g/mol. The van der Waals surface area contributed by atoms with Crippen molar-refractivity contribution in [1.29, 1.82) is 0 Å². The summed E-state index contributed by atoms with van der Waals surface area (Å²) in [6.07, 6.45) is 3.19. The topological polar surface area (TPSA) is 131 Å². The Morgan fingerprint density at radius 2 is 1.63 bits per heavy atom. The molecule has 3 aromatic rings. The maximum Gasteiger partial charge on any atom is 0.343 e. The number of nitrogens with zero attached hydrogens (tertiary/aromatic N) is 2. The van der Waals surface area contributed by atoms with Crippen LogP contribution in [0.1, 0.15) is 11.1 Å². The smallest absolute Gasteiger partial charge is 0.343 e. The number of hydrogen-bond acceptors (Lipinski definition) is 8. The van der Waals surface area contributed by atoms with E-state index in [1.807, 2.05) is 0 Å². The fourth-order valence-electron chi connectivity index (χ4n) is 3.25. The van der Waals surface area contributed by atoms with Crippen molar-refractivity contribution in [1.82, 2.24) is 0 Å². The summed E-state index contributed by atoms with van der Waals surface area (Å²) in [4.78, 5) is 33.1. The standard InChI is InChI=1S/C24H15ClN2O8/c1-33-23-11-14(10-16-12-22(35-24(16)28)15-3-5-17(25)6-4-15)2-8-21(23)34-20-9-7-18(26(29)30)13-19(20)27(31)32/h2-13H,1H3/b16-10+. The summed E-state index contributed by atoms with van der Waals surface area (Å²) in [6, 6.07) is 14.6. The van der Waals surface area contributed by atoms with Crippen molar-refractivity contribution in [2.75, 3.05) is 7.11 Å². The Morgan fingerprint density at radius 3 is 2.29 bits per heavy atom. The number of halogens is 1. The van der Waals surface area contributed by atoms with E-state index in [1.165, 1.54) is 13.2 Å². The highest BCUT2D eigenvalue weighted by Crippen LogP contribution is 2.39. The molecule has 35 heavy (non-hydrogen) atoms. The van der Waals surface area contributed by atoms with Gasteiger partial charge in [-0.25, -0.2) is 4.79 Å². The van der Waals surface area contributed by atoms with E-state index < -0.39 is 27.2 Å². The van der Waals surface area contributed by atoms with E-state index in [0.717, 1.165) is 18.2 Å². The van der Waals surface area contributed by atoms with Crippen LogP contribution in [-0.4, -0.2) is 22.9 Å². The molecule has 0 atom stereocenters. The maximum absolute atomic E-state index is 12.3. The number of cyclic esters (lactones) is 1. The second-order valence-corrected chi connectivity index (χ2v) is 7.62. The molecule has 0 saturated heterocycles. The van der Waals surface area contributed by atoms with E-state index in [0.29, 0.717) is 27.5 Å². The summed E-state index contributed by atoms with van der Waals surface area (Å²) in [6.45, 7) is 0. The van der Waals surface area contributed by atoms with Crippen molar-refractivity contribution in [3.05, 3.63) is 109 Å². The van der Waals surface area contributed by atoms with Crippen LogP contribution in [0.15, 0.2) is 72.3 Å². The van der Waals surface area contributed by atoms with Crippen LogP contribution in [-0.2, 0) is 9.53 Å². The predicted molar refractivity (Wildman–Crippen MR) is 126 cm³/mol. The van der Waals surface area contributed by atoms with Crippen molar-refractivity contribution in [3.63, 3.8) is 0 Å². The minimum atomic E-state index is -0.774. The molecule has 1 aliphatic rings. The molecule has 10 nitrogen and oxygen atoms in total. The number of nitro benzene ring substituents is 2. The second kappa shape index (κ2) is 9.65. The van der Waals surface area contributed by atoms with Gasteiger partial charge in [0, 0.05) is 16.7 Å². The summed E-state index contributed by atoms with van der Waals surface area (Å²) < 4.78 is 16.3. The highest BCUT2D eigenvalue weighted by molar-refractivity contribution is 6.30. The lowest BCUT2D eigenvalue weighted by molar-refractivity contribution is -0.394. The largest absolute Gasteiger partial charge is 0.493 e. The molecule has 3 aromatic carbocycles. The zero-order valence-electron chi connectivity index (χ0n) is 18.0. The molecule has 0 unspecified atom stereocenters. The van der Waals surface area contributed by atoms with Gasteiger partial charge in [-0.05, 0) is 60.2 Å². The van der Waals surface area contributed by atoms with Crippen LogP contribution in [0.5, 0.6) is 17.2 Å². The van der Waals surface area contributed by atoms with Crippen molar-refractivity contribution >= 4 is 40.8 Å². The maximum atomic E-state index is 12.3. The molecule has 176 valence electrons. The van der Waals surface area contributed by atoms with E-state index in [4.69, 9.17) is 25.8 Å². The van der Waals surface area contributed by atoms with Crippen LogP contribution in [0.25, 0.3) is 11.8 Å². The van der Waals surface area contributed by atoms with Gasteiger partial charge in [0.2, 0.25) is 5.75 Å². The summed E-state index contributed by atoms with van der Waals surface area (Å²) in [5.74, 6) is 0.0178. The lowest BCUT2D eigenvalue weighted by atomic mass is 10.1. The number of benzene rings is 3. The molecule has 1 aliphatic heterocycles. The van der Waals surface area contributed by atoms with E-state index in [2.05, 4.69) is 0 Å². The first-order valence-electron chi connectivity index (χ1n) is 9.95. The number of nitro groups is 2. The quantitative estimate of drug-likeness (QED) is 0.171. The predicted octanol–water partition coefficient (Wildman–Crippen LogP) is 5.94. The summed E-state index contributed by atoms with van der Waals surface area (Å²) >= 11 is 5.90. The lowest BCUT2D eigenvalue weighted by Gasteiger charge is -2.11. The highest BCUT2D eigenvalue weighted by atomic mass is 35.5. The third kappa shape index (κ3) is 5.12. The molecule has 0 amide bonds. The Labute approximate surface area is 202 Å². The molecule has 0 N–H and O–H groups in total. The van der Waals surface area contributed by atoms with Gasteiger partial charge in [-0.2, -0.15) is 0 Å². The number of hydrogen-bond donors (Lipinski definition) is 0. The Hall–Kier alpha value is -4.70. The van der Waals surface area contributed by atoms with Gasteiger partial charge in [0.05, 0.1) is 28.6 Å². The van der Waals surface area contributed by atoms with Crippen molar-refractivity contribution in [2.24, 2.45) is 0 Å². The van der Waals surface area contributed by atoms with Gasteiger partial charge >= 0.3 is 11.7 Å². The number of carbonyl (C=O) groups is 1. The first-order chi connectivity index (χ1) is 16.7. The Kier molecular flexibility index (Phi) is 6.47. The molecule has 0 aromatic heterocycles. The van der Waals surface area contributed by atoms with Gasteiger partial charge in [0.15, 0.2) is 11.5 Å². The molecule has 0 saturated carbocycles. The zero-order valence-corrected chi connectivity index (χ0v) is 18.7. The molecule has 0 bridgehead atoms. The Bertz CT molecular complexity index is 1410. The molecule has 0 aliphatic carbocycles. The minimum absolute atomic E-state index is 0.137. The molecule has 0 spiro atoms. The van der Waals surface area contributed by atoms with Crippen molar-refractivity contribution in [2.45, 2.75) is 0 Å². The minimum Gasteiger partial charge on any atom is -0.493 e. The third-order valence-corrected chi connectivity index (χ3v) is 5.19. The molecule has 11 heteroatoms. The molecule has 1 heterocycles. The van der Waals surface area contributed by atoms with E-state index in [-0.39, 0.29) is 17.2 Å². The average Bonchev–Trinajstić information content (AvgIpc) is 3.20. The first-order valence-corrected chi connectivity index (χ1v) is 10.3. The van der Waals surface area contributed by atoms with Crippen LogP contribution in [0.2, 0.25) is 5.02 Å². The first kappa shape index (κ1) is 23.5. The van der Waals surface area contributed by atoms with Crippen LogP contribution in [0.4, 0.5) is 11.4 Å². The van der Waals surface area contributed by atoms with E-state index >= 15 is 0 Å². The summed E-state index contributed by atoms with van der Waals surface area (Å²) in [5, 5.41) is 22.9. The monoisotopic (exact) mass is 494 g/mol. The third-order valence-electron chi connectivity index (χ3n) is 4.93. The number of carbonyl (C=O) groups excluding carboxylic acids is 1. The normalized spacial score (nSPS) is 13.8. The van der Waals surface area contributed by atoms with Gasteiger partial charge in [-0.15, -0.1) is 0 Å². The number of esters is 1. The van der Waals surface area contributed by atoms with Crippen LogP contribution in [0.3, 0.4) is 0 Å². The Morgan fingerprint density at radius 1 is 0.914 bits per heavy atom. The second-order valence-electron chi connectivity index (χ2n) is 7.18. The Balaban J connectivity index is 1.62. The summed E-state index contributed by atoms with van der Waals surface area (Å²) in [7, 11) is 1.38. The highest BCUT2D eigenvalue weighted by Gasteiger charge is 2.24. The zero-order chi connectivity index (χ0) is 25.1. The van der Waals surface area contributed by atoms with Crippen LogP contribution in [0, 0.1) is 20.2 Å². The number of methoxy groups -OCH3 is 1. The molecule has 0 fully saturated rings.